The lowest BCUT2D eigenvalue weighted by Gasteiger charge is -2.17. The maximum absolute atomic E-state index is 13.8. The van der Waals surface area contributed by atoms with Crippen LogP contribution in [-0.4, -0.2) is 5.21 Å². The van der Waals surface area contributed by atoms with E-state index in [1.807, 2.05) is 11.5 Å². The van der Waals surface area contributed by atoms with E-state index in [1.165, 1.54) is 0 Å². The van der Waals surface area contributed by atoms with Crippen LogP contribution in [0.5, 0.6) is 0 Å². The van der Waals surface area contributed by atoms with Crippen molar-refractivity contribution in [3.63, 3.8) is 0 Å². The van der Waals surface area contributed by atoms with Crippen LogP contribution in [0, 0.1) is 5.82 Å². The van der Waals surface area contributed by atoms with Crippen molar-refractivity contribution in [3.05, 3.63) is 34.6 Å². The summed E-state index contributed by atoms with van der Waals surface area (Å²) in [6.07, 6.45) is 4.05. The van der Waals surface area contributed by atoms with Gasteiger partial charge in [-0.25, -0.2) is 9.87 Å². The Morgan fingerprint density at radius 1 is 1.29 bits per heavy atom. The molecule has 0 saturated heterocycles. The monoisotopic (exact) mass is 195 g/mol. The van der Waals surface area contributed by atoms with Gasteiger partial charge in [-0.3, -0.25) is 0 Å². The van der Waals surface area contributed by atoms with Crippen molar-refractivity contribution in [1.82, 2.24) is 5.48 Å². The van der Waals surface area contributed by atoms with Crippen LogP contribution in [0.4, 0.5) is 4.39 Å². The molecule has 0 heterocycles. The molecule has 0 bridgehead atoms. The summed E-state index contributed by atoms with van der Waals surface area (Å²) in [4.78, 5) is 0. The number of halogens is 1. The first kappa shape index (κ1) is 9.62. The fraction of sp³-hybridized carbons (Fsp3) is 0.455. The quantitative estimate of drug-likeness (QED) is 0.709. The van der Waals surface area contributed by atoms with Crippen molar-refractivity contribution in [1.29, 1.82) is 0 Å². The van der Waals surface area contributed by atoms with Gasteiger partial charge in [0, 0.05) is 12.1 Å². The maximum atomic E-state index is 13.8. The lowest BCUT2D eigenvalue weighted by atomic mass is 9.90. The third kappa shape index (κ3) is 1.65. The fourth-order valence-corrected chi connectivity index (χ4v) is 2.05. The molecule has 2 nitrogen and oxygen atoms in total. The second-order valence-corrected chi connectivity index (χ2v) is 3.72. The predicted octanol–water partition coefficient (Wildman–Crippen LogP) is 2.18. The zero-order valence-corrected chi connectivity index (χ0v) is 8.02. The summed E-state index contributed by atoms with van der Waals surface area (Å²) in [5.74, 6) is -0.135. The number of hydrogen-bond acceptors (Lipinski definition) is 2. The van der Waals surface area contributed by atoms with E-state index in [9.17, 15) is 4.39 Å². The molecule has 0 unspecified atom stereocenters. The van der Waals surface area contributed by atoms with Gasteiger partial charge in [-0.05, 0) is 36.8 Å². The Balaban J connectivity index is 2.38. The highest BCUT2D eigenvalue weighted by atomic mass is 19.1. The van der Waals surface area contributed by atoms with Crippen LogP contribution < -0.4 is 5.48 Å². The number of benzene rings is 1. The number of hydrogen-bond donors (Lipinski definition) is 2. The Kier molecular flexibility index (Phi) is 2.79. The predicted molar refractivity (Wildman–Crippen MR) is 51.7 cm³/mol. The minimum Gasteiger partial charge on any atom is -0.316 e. The van der Waals surface area contributed by atoms with Gasteiger partial charge in [-0.1, -0.05) is 12.1 Å². The highest BCUT2D eigenvalue weighted by Crippen LogP contribution is 2.25. The Morgan fingerprint density at radius 2 is 2.07 bits per heavy atom. The minimum absolute atomic E-state index is 0.135. The van der Waals surface area contributed by atoms with E-state index < -0.39 is 0 Å². The van der Waals surface area contributed by atoms with Gasteiger partial charge in [0.15, 0.2) is 0 Å². The summed E-state index contributed by atoms with van der Waals surface area (Å²) in [6.45, 7) is 0.180. The summed E-state index contributed by atoms with van der Waals surface area (Å²) in [6, 6.07) is 3.73. The zero-order chi connectivity index (χ0) is 9.97. The van der Waals surface area contributed by atoms with Crippen LogP contribution in [0.3, 0.4) is 0 Å². The Hall–Kier alpha value is -0.930. The second-order valence-electron chi connectivity index (χ2n) is 3.72. The molecule has 76 valence electrons. The van der Waals surface area contributed by atoms with Gasteiger partial charge in [0.2, 0.25) is 0 Å². The van der Waals surface area contributed by atoms with Crippen molar-refractivity contribution < 1.29 is 9.60 Å². The Labute approximate surface area is 82.7 Å². The van der Waals surface area contributed by atoms with Crippen LogP contribution >= 0.6 is 0 Å². The molecule has 0 amide bonds. The number of aryl methyl sites for hydroxylation is 1. The van der Waals surface area contributed by atoms with E-state index in [-0.39, 0.29) is 12.4 Å². The third-order valence-corrected chi connectivity index (χ3v) is 2.81. The van der Waals surface area contributed by atoms with Crippen LogP contribution in [0.1, 0.15) is 29.5 Å². The van der Waals surface area contributed by atoms with E-state index in [4.69, 9.17) is 5.21 Å². The van der Waals surface area contributed by atoms with E-state index >= 15 is 0 Å². The molecule has 0 saturated carbocycles. The largest absolute Gasteiger partial charge is 0.316 e. The SMILES string of the molecule is ONCc1ccc2c(c1F)CCCC2. The Bertz CT molecular complexity index is 338. The summed E-state index contributed by atoms with van der Waals surface area (Å²) in [5.41, 5.74) is 4.53. The van der Waals surface area contributed by atoms with Gasteiger partial charge in [0.05, 0.1) is 0 Å². The number of rotatable bonds is 2. The molecular weight excluding hydrogens is 181 g/mol. The molecule has 1 aromatic carbocycles. The highest BCUT2D eigenvalue weighted by Gasteiger charge is 2.15. The van der Waals surface area contributed by atoms with Gasteiger partial charge in [0.25, 0.3) is 0 Å². The lowest BCUT2D eigenvalue weighted by molar-refractivity contribution is 0.160. The van der Waals surface area contributed by atoms with Gasteiger partial charge >= 0.3 is 0 Å². The molecule has 2 rings (SSSR count). The molecule has 0 radical (unpaired) electrons. The molecule has 2 N–H and O–H groups in total. The van der Waals surface area contributed by atoms with Crippen LogP contribution in [0.2, 0.25) is 0 Å². The molecule has 1 aliphatic rings. The molecule has 0 aromatic heterocycles. The minimum atomic E-state index is -0.135. The molecule has 0 spiro atoms. The average molecular weight is 195 g/mol. The molecule has 3 heteroatoms. The normalized spacial score (nSPS) is 15.3. The van der Waals surface area contributed by atoms with Crippen molar-refractivity contribution in [2.45, 2.75) is 32.2 Å². The molecule has 1 aromatic rings. The molecular formula is C11H14FNO. The first-order chi connectivity index (χ1) is 6.83. The number of nitrogens with one attached hydrogen (secondary N) is 1. The molecule has 1 aliphatic carbocycles. The van der Waals surface area contributed by atoms with Crippen LogP contribution in [-0.2, 0) is 19.4 Å². The standard InChI is InChI=1S/C11H14FNO/c12-11-9(7-13-14)6-5-8-3-1-2-4-10(8)11/h5-6,13-14H,1-4,7H2. The molecule has 0 atom stereocenters. The summed E-state index contributed by atoms with van der Waals surface area (Å²) in [5, 5.41) is 8.53. The van der Waals surface area contributed by atoms with E-state index in [0.29, 0.717) is 5.56 Å². The molecule has 14 heavy (non-hydrogen) atoms. The van der Waals surface area contributed by atoms with Crippen molar-refractivity contribution >= 4 is 0 Å². The smallest absolute Gasteiger partial charge is 0.131 e. The lowest BCUT2D eigenvalue weighted by Crippen LogP contribution is -2.12. The average Bonchev–Trinajstić information content (AvgIpc) is 2.23. The Morgan fingerprint density at radius 3 is 2.86 bits per heavy atom. The molecule has 0 fully saturated rings. The first-order valence-electron chi connectivity index (χ1n) is 4.99. The highest BCUT2D eigenvalue weighted by molar-refractivity contribution is 5.35. The van der Waals surface area contributed by atoms with E-state index in [0.717, 1.165) is 36.8 Å². The molecule has 0 aliphatic heterocycles. The zero-order valence-electron chi connectivity index (χ0n) is 8.02. The van der Waals surface area contributed by atoms with Crippen LogP contribution in [0.15, 0.2) is 12.1 Å². The van der Waals surface area contributed by atoms with Crippen molar-refractivity contribution in [2.24, 2.45) is 0 Å². The fourth-order valence-electron chi connectivity index (χ4n) is 2.05. The van der Waals surface area contributed by atoms with Crippen LogP contribution in [0.25, 0.3) is 0 Å². The number of fused-ring (bicyclic) bond motifs is 1. The third-order valence-electron chi connectivity index (χ3n) is 2.81. The van der Waals surface area contributed by atoms with E-state index in [2.05, 4.69) is 0 Å². The topological polar surface area (TPSA) is 32.3 Å². The maximum Gasteiger partial charge on any atom is 0.131 e. The van der Waals surface area contributed by atoms with E-state index in [1.54, 1.807) is 6.07 Å². The van der Waals surface area contributed by atoms with Gasteiger partial charge < -0.3 is 5.21 Å². The van der Waals surface area contributed by atoms with Gasteiger partial charge in [-0.15, -0.1) is 0 Å². The summed E-state index contributed by atoms with van der Waals surface area (Å²) < 4.78 is 13.8. The second kappa shape index (κ2) is 4.07. The van der Waals surface area contributed by atoms with Crippen molar-refractivity contribution in [3.8, 4) is 0 Å². The summed E-state index contributed by atoms with van der Waals surface area (Å²) in [7, 11) is 0. The number of hydroxylamine groups is 1. The van der Waals surface area contributed by atoms with Gasteiger partial charge in [0.1, 0.15) is 5.82 Å². The first-order valence-corrected chi connectivity index (χ1v) is 4.99. The van der Waals surface area contributed by atoms with Gasteiger partial charge in [-0.2, -0.15) is 0 Å². The summed E-state index contributed by atoms with van der Waals surface area (Å²) >= 11 is 0. The van der Waals surface area contributed by atoms with Crippen molar-refractivity contribution in [2.75, 3.05) is 0 Å².